The Labute approximate surface area is 173 Å². The molecule has 2 heterocycles. The topological polar surface area (TPSA) is 110 Å². The number of nitrogens with zero attached hydrogens (tertiary/aromatic N) is 4. The Kier molecular flexibility index (Phi) is 6.23. The van der Waals surface area contributed by atoms with Gasteiger partial charge in [0, 0.05) is 24.2 Å². The molecule has 2 aromatic heterocycles. The lowest BCUT2D eigenvalue weighted by Gasteiger charge is -2.10. The molecule has 152 valence electrons. The highest BCUT2D eigenvalue weighted by Gasteiger charge is 2.12. The third-order valence-electron chi connectivity index (χ3n) is 4.37. The van der Waals surface area contributed by atoms with Crippen LogP contribution in [-0.4, -0.2) is 36.4 Å². The second-order valence-electron chi connectivity index (χ2n) is 6.80. The molecule has 3 N–H and O–H groups in total. The van der Waals surface area contributed by atoms with Crippen LogP contribution in [0.5, 0.6) is 0 Å². The summed E-state index contributed by atoms with van der Waals surface area (Å²) in [6, 6.07) is 9.77. The molecule has 0 aliphatic heterocycles. The van der Waals surface area contributed by atoms with E-state index in [9.17, 15) is 9.59 Å². The van der Waals surface area contributed by atoms with Gasteiger partial charge in [-0.2, -0.15) is 10.2 Å². The molecule has 0 atom stereocenters. The number of hydrazine groups is 1. The minimum absolute atomic E-state index is 0.0321. The number of hydrogen-bond donors (Lipinski definition) is 3. The maximum atomic E-state index is 12.1. The third-order valence-corrected chi connectivity index (χ3v) is 4.68. The van der Waals surface area contributed by atoms with Gasteiger partial charge >= 0.3 is 0 Å². The number of aryl methyl sites for hydroxylation is 3. The van der Waals surface area contributed by atoms with Crippen molar-refractivity contribution in [3.63, 3.8) is 0 Å². The minimum atomic E-state index is -0.357. The van der Waals surface area contributed by atoms with Crippen molar-refractivity contribution < 1.29 is 9.59 Å². The molecule has 3 aromatic rings. The van der Waals surface area contributed by atoms with E-state index in [1.165, 1.54) is 0 Å². The molecule has 2 amide bonds. The summed E-state index contributed by atoms with van der Waals surface area (Å²) in [4.78, 5) is 24.2. The summed E-state index contributed by atoms with van der Waals surface area (Å²) in [5, 5.41) is 11.2. The molecule has 0 bridgehead atoms. The van der Waals surface area contributed by atoms with Crippen LogP contribution in [0.25, 0.3) is 11.4 Å². The summed E-state index contributed by atoms with van der Waals surface area (Å²) < 4.78 is 3.77. The quantitative estimate of drug-likeness (QED) is 0.423. The number of aromatic amines is 1. The number of carbonyl (C=O) groups is 2. The van der Waals surface area contributed by atoms with Crippen LogP contribution in [0.4, 0.5) is 0 Å². The molecule has 0 spiro atoms. The van der Waals surface area contributed by atoms with E-state index in [1.807, 2.05) is 51.1 Å². The summed E-state index contributed by atoms with van der Waals surface area (Å²) in [7, 11) is 0. The zero-order chi connectivity index (χ0) is 21.0. The van der Waals surface area contributed by atoms with E-state index in [2.05, 4.69) is 26.1 Å². The van der Waals surface area contributed by atoms with Crippen molar-refractivity contribution in [2.24, 2.45) is 0 Å². The van der Waals surface area contributed by atoms with Crippen LogP contribution in [0.1, 0.15) is 23.4 Å². The maximum Gasteiger partial charge on any atom is 0.260 e. The Morgan fingerprint density at radius 1 is 1.10 bits per heavy atom. The first kappa shape index (κ1) is 20.5. The standard InChI is InChI=1S/C19H23N7O2S/c1-12-4-6-15(7-5-12)18-22-23-19(29)25(18)9-8-16(27)20-21-17(28)11-26-14(3)10-13(2)24-26/h4-7,10H,8-9,11H2,1-3H3,(H,20,27)(H,21,28)(H,23,29). The molecular formula is C19H23N7O2S. The van der Waals surface area contributed by atoms with Crippen LogP contribution >= 0.6 is 12.2 Å². The number of benzene rings is 1. The fraction of sp³-hybridized carbons (Fsp3) is 0.316. The molecule has 29 heavy (non-hydrogen) atoms. The number of rotatable bonds is 6. The molecule has 0 fully saturated rings. The van der Waals surface area contributed by atoms with Gasteiger partial charge < -0.3 is 0 Å². The minimum Gasteiger partial charge on any atom is -0.300 e. The van der Waals surface area contributed by atoms with Crippen molar-refractivity contribution in [2.75, 3.05) is 0 Å². The van der Waals surface area contributed by atoms with Crippen molar-refractivity contribution in [1.29, 1.82) is 0 Å². The van der Waals surface area contributed by atoms with E-state index in [1.54, 1.807) is 9.25 Å². The second kappa shape index (κ2) is 8.82. The molecule has 9 nitrogen and oxygen atoms in total. The lowest BCUT2D eigenvalue weighted by Crippen LogP contribution is -2.43. The molecule has 3 rings (SSSR count). The molecule has 10 heteroatoms. The molecule has 0 radical (unpaired) electrons. The summed E-state index contributed by atoms with van der Waals surface area (Å²) in [6.45, 7) is 6.09. The van der Waals surface area contributed by atoms with Gasteiger partial charge in [0.25, 0.3) is 5.91 Å². The molecule has 0 aliphatic carbocycles. The second-order valence-corrected chi connectivity index (χ2v) is 7.19. The predicted molar refractivity (Wildman–Crippen MR) is 110 cm³/mol. The molecular weight excluding hydrogens is 390 g/mol. The fourth-order valence-corrected chi connectivity index (χ4v) is 3.10. The fourth-order valence-electron chi connectivity index (χ4n) is 2.87. The Hall–Kier alpha value is -3.27. The molecule has 0 unspecified atom stereocenters. The van der Waals surface area contributed by atoms with Gasteiger partial charge in [-0.15, -0.1) is 0 Å². The first-order chi connectivity index (χ1) is 13.8. The Balaban J connectivity index is 1.54. The van der Waals surface area contributed by atoms with Gasteiger partial charge in [0.2, 0.25) is 5.91 Å². The Morgan fingerprint density at radius 3 is 2.45 bits per heavy atom. The number of nitrogens with one attached hydrogen (secondary N) is 3. The van der Waals surface area contributed by atoms with E-state index in [0.717, 1.165) is 22.5 Å². The average molecular weight is 414 g/mol. The summed E-state index contributed by atoms with van der Waals surface area (Å²) in [5.41, 5.74) is 8.58. The van der Waals surface area contributed by atoms with E-state index in [0.29, 0.717) is 17.1 Å². The number of aromatic nitrogens is 5. The monoisotopic (exact) mass is 413 g/mol. The smallest absolute Gasteiger partial charge is 0.260 e. The normalized spacial score (nSPS) is 10.7. The van der Waals surface area contributed by atoms with Crippen LogP contribution in [0.15, 0.2) is 30.3 Å². The molecule has 0 aliphatic rings. The lowest BCUT2D eigenvalue weighted by atomic mass is 10.1. The Bertz CT molecular complexity index is 1080. The molecule has 0 saturated heterocycles. The molecule has 1 aromatic carbocycles. The van der Waals surface area contributed by atoms with Crippen molar-refractivity contribution in [3.05, 3.63) is 52.1 Å². The highest BCUT2D eigenvalue weighted by Crippen LogP contribution is 2.18. The van der Waals surface area contributed by atoms with Gasteiger partial charge in [-0.25, -0.2) is 0 Å². The van der Waals surface area contributed by atoms with Gasteiger partial charge in [-0.1, -0.05) is 29.8 Å². The first-order valence-corrected chi connectivity index (χ1v) is 9.55. The highest BCUT2D eigenvalue weighted by atomic mass is 32.1. The average Bonchev–Trinajstić information content (AvgIpc) is 3.20. The first-order valence-electron chi connectivity index (χ1n) is 9.14. The zero-order valence-corrected chi connectivity index (χ0v) is 17.3. The number of H-pyrrole nitrogens is 1. The van der Waals surface area contributed by atoms with Crippen molar-refractivity contribution >= 4 is 24.0 Å². The summed E-state index contributed by atoms with van der Waals surface area (Å²) >= 11 is 5.28. The van der Waals surface area contributed by atoms with Crippen LogP contribution in [0.3, 0.4) is 0 Å². The van der Waals surface area contributed by atoms with Crippen LogP contribution in [-0.2, 0) is 22.7 Å². The van der Waals surface area contributed by atoms with Crippen LogP contribution in [0.2, 0.25) is 0 Å². The van der Waals surface area contributed by atoms with Crippen molar-refractivity contribution in [2.45, 2.75) is 40.3 Å². The van der Waals surface area contributed by atoms with Gasteiger partial charge in [-0.05, 0) is 39.1 Å². The van der Waals surface area contributed by atoms with Crippen molar-refractivity contribution in [3.8, 4) is 11.4 Å². The molecule has 0 saturated carbocycles. The maximum absolute atomic E-state index is 12.1. The third kappa shape index (κ3) is 5.17. The van der Waals surface area contributed by atoms with E-state index in [4.69, 9.17) is 12.2 Å². The van der Waals surface area contributed by atoms with Gasteiger partial charge in [-0.3, -0.25) is 34.8 Å². The summed E-state index contributed by atoms with van der Waals surface area (Å²) in [6.07, 6.45) is 0.132. The summed E-state index contributed by atoms with van der Waals surface area (Å²) in [5.74, 6) is -0.0224. The lowest BCUT2D eigenvalue weighted by molar-refractivity contribution is -0.129. The van der Waals surface area contributed by atoms with Gasteiger partial charge in [0.15, 0.2) is 10.6 Å². The highest BCUT2D eigenvalue weighted by molar-refractivity contribution is 7.71. The Morgan fingerprint density at radius 2 is 1.79 bits per heavy atom. The van der Waals surface area contributed by atoms with E-state index >= 15 is 0 Å². The predicted octanol–water partition coefficient (Wildman–Crippen LogP) is 1.97. The zero-order valence-electron chi connectivity index (χ0n) is 16.5. The SMILES string of the molecule is Cc1ccc(-c2n[nH]c(=S)n2CCC(=O)NNC(=O)Cn2nc(C)cc2C)cc1. The van der Waals surface area contributed by atoms with Gasteiger partial charge in [0.1, 0.15) is 6.54 Å². The van der Waals surface area contributed by atoms with Crippen molar-refractivity contribution in [1.82, 2.24) is 35.4 Å². The van der Waals surface area contributed by atoms with Crippen LogP contribution in [0, 0.1) is 25.5 Å². The number of carbonyl (C=O) groups excluding carboxylic acids is 2. The van der Waals surface area contributed by atoms with Crippen LogP contribution < -0.4 is 10.9 Å². The number of hydrogen-bond acceptors (Lipinski definition) is 5. The number of amides is 2. The largest absolute Gasteiger partial charge is 0.300 e. The van der Waals surface area contributed by atoms with E-state index in [-0.39, 0.29) is 24.8 Å². The van der Waals surface area contributed by atoms with E-state index < -0.39 is 0 Å². The van der Waals surface area contributed by atoms with Gasteiger partial charge in [0.05, 0.1) is 5.69 Å².